The van der Waals surface area contributed by atoms with Crippen molar-refractivity contribution in [3.05, 3.63) is 43.0 Å². The van der Waals surface area contributed by atoms with Crippen molar-refractivity contribution in [2.24, 2.45) is 0 Å². The number of aromatic nitrogens is 4. The van der Waals surface area contributed by atoms with Crippen molar-refractivity contribution < 1.29 is 23.1 Å². The van der Waals surface area contributed by atoms with Gasteiger partial charge in [0.15, 0.2) is 17.8 Å². The molecule has 46 heavy (non-hydrogen) atoms. The molecule has 0 fully saturated rings. The Morgan fingerprint density at radius 2 is 1.39 bits per heavy atom. The molecular weight excluding hydrogens is 601 g/mol. The number of rotatable bonds is 28. The predicted octanol–water partition coefficient (Wildman–Crippen LogP) is 9.34. The second-order valence-electron chi connectivity index (χ2n) is 12.2. The summed E-state index contributed by atoms with van der Waals surface area (Å²) in [5.41, 5.74) is 7.05. The van der Waals surface area contributed by atoms with Crippen molar-refractivity contribution in [1.82, 2.24) is 19.5 Å². The summed E-state index contributed by atoms with van der Waals surface area (Å²) in [6.45, 7) is 5.76. The number of imidazole rings is 1. The normalized spacial score (nSPS) is 13.6. The Balaban J connectivity index is 1.24. The van der Waals surface area contributed by atoms with Gasteiger partial charge in [0.25, 0.3) is 0 Å². The Kier molecular flexibility index (Phi) is 18.9. The average Bonchev–Trinajstić information content (AvgIpc) is 3.47. The van der Waals surface area contributed by atoms with Crippen LogP contribution in [0, 0.1) is 0 Å². The molecule has 2 aromatic heterocycles. The highest BCUT2D eigenvalue weighted by atomic mass is 31.2. The number of benzene rings is 1. The number of hydrogen-bond acceptors (Lipinski definition) is 9. The molecule has 2 heterocycles. The first-order valence-corrected chi connectivity index (χ1v) is 19.3. The molecule has 3 rings (SSSR count). The highest BCUT2D eigenvalue weighted by molar-refractivity contribution is 7.54. The zero-order chi connectivity index (χ0) is 32.7. The fraction of sp³-hybridized carbons (Fsp3) is 0.686. The molecular formula is C35H58N5O5P. The van der Waals surface area contributed by atoms with Gasteiger partial charge >= 0.3 is 7.60 Å². The number of ether oxygens (including phenoxy) is 2. The fourth-order valence-corrected chi connectivity index (χ4v) is 6.81. The maximum absolute atomic E-state index is 13.7. The quantitative estimate of drug-likeness (QED) is 0.0600. The first-order valence-electron chi connectivity index (χ1n) is 17.6. The highest BCUT2D eigenvalue weighted by Crippen LogP contribution is 2.48. The topological polar surface area (TPSA) is 124 Å². The molecule has 0 aliphatic heterocycles. The van der Waals surface area contributed by atoms with Gasteiger partial charge in [-0.05, 0) is 25.5 Å². The minimum Gasteiger partial charge on any atom is -0.423 e. The molecule has 0 bridgehead atoms. The molecule has 11 heteroatoms. The number of nitrogens with zero attached hydrogens (tertiary/aromatic N) is 4. The summed E-state index contributed by atoms with van der Waals surface area (Å²) in [5.74, 6) is 0.785. The monoisotopic (exact) mass is 659 g/mol. The molecule has 0 aliphatic carbocycles. The Labute approximate surface area is 276 Å². The van der Waals surface area contributed by atoms with E-state index >= 15 is 0 Å². The third-order valence-electron chi connectivity index (χ3n) is 8.05. The number of unbranched alkanes of at least 4 members (excludes halogenated alkanes) is 15. The molecule has 0 aliphatic rings. The van der Waals surface area contributed by atoms with E-state index in [0.717, 1.165) is 6.42 Å². The van der Waals surface area contributed by atoms with E-state index < -0.39 is 7.60 Å². The van der Waals surface area contributed by atoms with Crippen molar-refractivity contribution in [2.45, 2.75) is 129 Å². The Morgan fingerprint density at radius 3 is 2.02 bits per heavy atom. The van der Waals surface area contributed by atoms with E-state index in [1.165, 1.54) is 103 Å². The van der Waals surface area contributed by atoms with Gasteiger partial charge in [-0.3, -0.25) is 4.52 Å². The van der Waals surface area contributed by atoms with Crippen LogP contribution in [0.15, 0.2) is 43.0 Å². The molecule has 258 valence electrons. The van der Waals surface area contributed by atoms with Crippen LogP contribution in [0.25, 0.3) is 11.2 Å². The number of hydrogen-bond donors (Lipinski definition) is 1. The molecule has 0 radical (unpaired) electrons. The lowest BCUT2D eigenvalue weighted by molar-refractivity contribution is 0.0623. The van der Waals surface area contributed by atoms with Crippen molar-refractivity contribution >= 4 is 24.6 Å². The zero-order valence-corrected chi connectivity index (χ0v) is 29.2. The van der Waals surface area contributed by atoms with Crippen LogP contribution in [0.1, 0.15) is 117 Å². The zero-order valence-electron chi connectivity index (χ0n) is 28.3. The summed E-state index contributed by atoms with van der Waals surface area (Å²) < 4.78 is 38.8. The number of fused-ring (bicyclic) bond motifs is 1. The van der Waals surface area contributed by atoms with Gasteiger partial charge in [0.2, 0.25) is 0 Å². The van der Waals surface area contributed by atoms with E-state index in [-0.39, 0.29) is 19.1 Å². The average molecular weight is 660 g/mol. The van der Waals surface area contributed by atoms with Gasteiger partial charge in [-0.25, -0.2) is 19.5 Å². The molecule has 2 N–H and O–H groups in total. The molecule has 0 spiro atoms. The van der Waals surface area contributed by atoms with Gasteiger partial charge in [-0.2, -0.15) is 0 Å². The SMILES string of the molecule is CCCCCCCCCCCCCCCCCCOCCOP(=O)(COC(C)Cn1cnc2c(N)ncnc21)Oc1ccccc1. The lowest BCUT2D eigenvalue weighted by atomic mass is 10.0. The fourth-order valence-electron chi connectivity index (χ4n) is 5.40. The third kappa shape index (κ3) is 15.4. The summed E-state index contributed by atoms with van der Waals surface area (Å²) in [5, 5.41) is 0. The summed E-state index contributed by atoms with van der Waals surface area (Å²) in [6, 6.07) is 9.00. The maximum atomic E-state index is 13.7. The van der Waals surface area contributed by atoms with Gasteiger partial charge in [0.1, 0.15) is 17.6 Å². The third-order valence-corrected chi connectivity index (χ3v) is 9.58. The van der Waals surface area contributed by atoms with Crippen LogP contribution < -0.4 is 10.3 Å². The first kappa shape index (κ1) is 37.9. The number of nitrogens with two attached hydrogens (primary N) is 1. The number of para-hydroxylation sites is 1. The highest BCUT2D eigenvalue weighted by Gasteiger charge is 2.28. The summed E-state index contributed by atoms with van der Waals surface area (Å²) in [7, 11) is -3.61. The van der Waals surface area contributed by atoms with Crippen LogP contribution in [0.4, 0.5) is 5.82 Å². The lowest BCUT2D eigenvalue weighted by Crippen LogP contribution is -2.19. The smallest absolute Gasteiger partial charge is 0.404 e. The van der Waals surface area contributed by atoms with Gasteiger partial charge in [0, 0.05) is 6.61 Å². The summed E-state index contributed by atoms with van der Waals surface area (Å²) in [4.78, 5) is 12.5. The number of nitrogen functional groups attached to an aromatic ring is 1. The largest absolute Gasteiger partial charge is 0.423 e. The second-order valence-corrected chi connectivity index (χ2v) is 14.1. The van der Waals surface area contributed by atoms with Crippen LogP contribution in [-0.4, -0.2) is 51.8 Å². The molecule has 0 saturated heterocycles. The van der Waals surface area contributed by atoms with Crippen LogP contribution in [-0.2, 0) is 25.1 Å². The van der Waals surface area contributed by atoms with Crippen molar-refractivity contribution in [1.29, 1.82) is 0 Å². The van der Waals surface area contributed by atoms with E-state index in [1.54, 1.807) is 18.5 Å². The minimum absolute atomic E-state index is 0.156. The van der Waals surface area contributed by atoms with E-state index in [0.29, 0.717) is 42.5 Å². The van der Waals surface area contributed by atoms with E-state index in [4.69, 9.17) is 24.3 Å². The van der Waals surface area contributed by atoms with E-state index in [1.807, 2.05) is 29.7 Å². The van der Waals surface area contributed by atoms with Gasteiger partial charge in [-0.1, -0.05) is 121 Å². The summed E-state index contributed by atoms with van der Waals surface area (Å²) in [6.07, 6.45) is 24.0. The van der Waals surface area contributed by atoms with E-state index in [9.17, 15) is 4.57 Å². The molecule has 0 saturated carbocycles. The second kappa shape index (κ2) is 22.9. The predicted molar refractivity (Wildman–Crippen MR) is 186 cm³/mol. The summed E-state index contributed by atoms with van der Waals surface area (Å²) >= 11 is 0. The molecule has 3 aromatic rings. The lowest BCUT2D eigenvalue weighted by Gasteiger charge is -2.22. The molecule has 2 unspecified atom stereocenters. The van der Waals surface area contributed by atoms with Gasteiger partial charge < -0.3 is 24.3 Å². The Hall–Kier alpha value is -2.52. The van der Waals surface area contributed by atoms with Crippen molar-refractivity contribution in [3.8, 4) is 5.75 Å². The molecule has 10 nitrogen and oxygen atoms in total. The molecule has 1 aromatic carbocycles. The maximum Gasteiger partial charge on any atom is 0.404 e. The van der Waals surface area contributed by atoms with Gasteiger partial charge in [-0.15, -0.1) is 0 Å². The van der Waals surface area contributed by atoms with Crippen LogP contribution in [0.2, 0.25) is 0 Å². The molecule has 2 atom stereocenters. The minimum atomic E-state index is -3.61. The molecule has 0 amide bonds. The standard InChI is InChI=1S/C35H58N5O5P/c1-3-4-5-6-7-8-9-10-11-12-13-14-15-16-17-21-24-42-25-26-44-46(41,45-32-22-19-18-20-23-32)30-43-31(2)27-40-29-39-33-34(36)37-28-38-35(33)40/h18-20,22-23,28-29,31H,3-17,21,24-27,30H2,1-2H3,(H2,36,37,38). The van der Waals surface area contributed by atoms with Crippen molar-refractivity contribution in [3.63, 3.8) is 0 Å². The van der Waals surface area contributed by atoms with Crippen LogP contribution in [0.3, 0.4) is 0 Å². The first-order chi connectivity index (χ1) is 22.5. The van der Waals surface area contributed by atoms with E-state index in [2.05, 4.69) is 21.9 Å². The van der Waals surface area contributed by atoms with Crippen LogP contribution >= 0.6 is 7.60 Å². The number of anilines is 1. The Morgan fingerprint density at radius 1 is 0.783 bits per heavy atom. The Bertz CT molecular complexity index is 1240. The van der Waals surface area contributed by atoms with Gasteiger partial charge in [0.05, 0.1) is 32.2 Å². The van der Waals surface area contributed by atoms with Crippen molar-refractivity contribution in [2.75, 3.05) is 31.9 Å². The van der Waals surface area contributed by atoms with Crippen LogP contribution in [0.5, 0.6) is 5.75 Å².